The standard InChI is InChI=1S/C13H15F3N4O2/c1-7-5-19-9(3-8(6-21)18-19)10-4-17-11(20(7)10)12(2,22)13(14,15)16/h3-4,7,21-22H,5-6H2,1-2H3/t7-,12+/m0/s1. The molecule has 1 aliphatic heterocycles. The van der Waals surface area contributed by atoms with Gasteiger partial charge in [0.2, 0.25) is 5.60 Å². The number of aliphatic hydroxyl groups is 2. The molecule has 9 heteroatoms. The third-order valence-corrected chi connectivity index (χ3v) is 3.92. The molecular formula is C13H15F3N4O2. The lowest BCUT2D eigenvalue weighted by molar-refractivity contribution is -0.262. The van der Waals surface area contributed by atoms with Crippen molar-refractivity contribution in [2.75, 3.05) is 0 Å². The zero-order valence-corrected chi connectivity index (χ0v) is 12.0. The Labute approximate surface area is 123 Å². The maximum Gasteiger partial charge on any atom is 0.424 e. The number of alkyl halides is 3. The third kappa shape index (κ3) is 1.96. The van der Waals surface area contributed by atoms with Crippen molar-refractivity contribution < 1.29 is 23.4 Å². The number of aromatic nitrogens is 4. The minimum absolute atomic E-state index is 0.254. The second kappa shape index (κ2) is 4.56. The van der Waals surface area contributed by atoms with E-state index in [9.17, 15) is 18.3 Å². The number of hydrogen-bond donors (Lipinski definition) is 2. The monoisotopic (exact) mass is 316 g/mol. The molecule has 0 amide bonds. The molecule has 22 heavy (non-hydrogen) atoms. The van der Waals surface area contributed by atoms with Crippen LogP contribution in [0.5, 0.6) is 0 Å². The molecular weight excluding hydrogens is 301 g/mol. The van der Waals surface area contributed by atoms with Crippen LogP contribution in [0, 0.1) is 0 Å². The molecule has 3 rings (SSSR count). The van der Waals surface area contributed by atoms with Crippen molar-refractivity contribution in [2.45, 2.75) is 44.8 Å². The van der Waals surface area contributed by atoms with E-state index in [0.29, 0.717) is 30.6 Å². The van der Waals surface area contributed by atoms with E-state index in [4.69, 9.17) is 5.11 Å². The van der Waals surface area contributed by atoms with Crippen LogP contribution in [-0.4, -0.2) is 35.7 Å². The van der Waals surface area contributed by atoms with Gasteiger partial charge in [-0.05, 0) is 19.9 Å². The molecule has 0 aliphatic carbocycles. The van der Waals surface area contributed by atoms with Gasteiger partial charge >= 0.3 is 6.18 Å². The summed E-state index contributed by atoms with van der Waals surface area (Å²) in [4.78, 5) is 3.81. The van der Waals surface area contributed by atoms with Crippen LogP contribution >= 0.6 is 0 Å². The van der Waals surface area contributed by atoms with E-state index in [-0.39, 0.29) is 12.6 Å². The Balaban J connectivity index is 2.18. The second-order valence-corrected chi connectivity index (χ2v) is 5.62. The highest BCUT2D eigenvalue weighted by molar-refractivity contribution is 5.57. The van der Waals surface area contributed by atoms with Gasteiger partial charge in [0.25, 0.3) is 0 Å². The topological polar surface area (TPSA) is 76.1 Å². The fourth-order valence-electron chi connectivity index (χ4n) is 2.71. The van der Waals surface area contributed by atoms with Crippen molar-refractivity contribution in [3.63, 3.8) is 0 Å². The van der Waals surface area contributed by atoms with Crippen molar-refractivity contribution in [3.05, 3.63) is 23.8 Å². The number of rotatable bonds is 2. The summed E-state index contributed by atoms with van der Waals surface area (Å²) in [5, 5.41) is 23.2. The van der Waals surface area contributed by atoms with Crippen molar-refractivity contribution in [2.24, 2.45) is 0 Å². The van der Waals surface area contributed by atoms with Crippen molar-refractivity contribution in [1.82, 2.24) is 19.3 Å². The largest absolute Gasteiger partial charge is 0.424 e. The molecule has 3 heterocycles. The lowest BCUT2D eigenvalue weighted by atomic mass is 10.0. The van der Waals surface area contributed by atoms with Crippen LogP contribution in [0.4, 0.5) is 13.2 Å². The molecule has 2 atom stereocenters. The number of hydrogen-bond acceptors (Lipinski definition) is 4. The first kappa shape index (κ1) is 15.0. The summed E-state index contributed by atoms with van der Waals surface area (Å²) < 4.78 is 42.3. The predicted molar refractivity (Wildman–Crippen MR) is 69.7 cm³/mol. The number of fused-ring (bicyclic) bond motifs is 3. The second-order valence-electron chi connectivity index (χ2n) is 5.62. The van der Waals surface area contributed by atoms with E-state index in [1.165, 1.54) is 10.8 Å². The Morgan fingerprint density at radius 1 is 1.36 bits per heavy atom. The van der Waals surface area contributed by atoms with Crippen molar-refractivity contribution >= 4 is 0 Å². The van der Waals surface area contributed by atoms with Gasteiger partial charge in [-0.1, -0.05) is 0 Å². The first-order valence-electron chi connectivity index (χ1n) is 6.71. The zero-order valence-electron chi connectivity index (χ0n) is 12.0. The summed E-state index contributed by atoms with van der Waals surface area (Å²) in [6.45, 7) is 2.50. The molecule has 0 saturated heterocycles. The van der Waals surface area contributed by atoms with Crippen LogP contribution in [0.15, 0.2) is 12.3 Å². The predicted octanol–water partition coefficient (Wildman–Crippen LogP) is 1.58. The highest BCUT2D eigenvalue weighted by atomic mass is 19.4. The normalized spacial score (nSPS) is 20.4. The van der Waals surface area contributed by atoms with Crippen LogP contribution in [0.1, 0.15) is 31.4 Å². The summed E-state index contributed by atoms with van der Waals surface area (Å²) in [6, 6.07) is 1.24. The van der Waals surface area contributed by atoms with Crippen LogP contribution in [0.25, 0.3) is 11.4 Å². The first-order valence-corrected chi connectivity index (χ1v) is 6.71. The minimum atomic E-state index is -4.83. The Hall–Kier alpha value is -1.87. The minimum Gasteiger partial charge on any atom is -0.390 e. The molecule has 0 unspecified atom stereocenters. The van der Waals surface area contributed by atoms with E-state index in [0.717, 1.165) is 0 Å². The maximum atomic E-state index is 13.1. The van der Waals surface area contributed by atoms with Crippen LogP contribution < -0.4 is 0 Å². The first-order chi connectivity index (χ1) is 10.2. The molecule has 0 aromatic carbocycles. The summed E-state index contributed by atoms with van der Waals surface area (Å²) in [6.07, 6.45) is -3.54. The molecule has 2 aromatic rings. The van der Waals surface area contributed by atoms with Crippen molar-refractivity contribution in [1.29, 1.82) is 0 Å². The summed E-state index contributed by atoms with van der Waals surface area (Å²) >= 11 is 0. The lowest BCUT2D eigenvalue weighted by Gasteiger charge is -2.31. The van der Waals surface area contributed by atoms with E-state index in [1.807, 2.05) is 0 Å². The van der Waals surface area contributed by atoms with E-state index in [1.54, 1.807) is 17.7 Å². The average molecular weight is 316 g/mol. The highest BCUT2D eigenvalue weighted by Crippen LogP contribution is 2.42. The fourth-order valence-corrected chi connectivity index (χ4v) is 2.71. The van der Waals surface area contributed by atoms with E-state index < -0.39 is 17.6 Å². The van der Waals surface area contributed by atoms with Gasteiger partial charge in [-0.2, -0.15) is 18.3 Å². The van der Waals surface area contributed by atoms with Gasteiger partial charge in [-0.3, -0.25) is 4.68 Å². The molecule has 1 aliphatic rings. The van der Waals surface area contributed by atoms with Crippen LogP contribution in [-0.2, 0) is 18.8 Å². The highest BCUT2D eigenvalue weighted by Gasteiger charge is 2.55. The van der Waals surface area contributed by atoms with Gasteiger partial charge in [0.05, 0.1) is 42.5 Å². The Kier molecular flexibility index (Phi) is 3.12. The third-order valence-electron chi connectivity index (χ3n) is 3.92. The van der Waals surface area contributed by atoms with Crippen LogP contribution in [0.2, 0.25) is 0 Å². The quantitative estimate of drug-likeness (QED) is 0.882. The zero-order chi connectivity index (χ0) is 16.3. The van der Waals surface area contributed by atoms with Gasteiger partial charge in [-0.15, -0.1) is 0 Å². The number of halogens is 3. The smallest absolute Gasteiger partial charge is 0.390 e. The molecule has 0 spiro atoms. The van der Waals surface area contributed by atoms with Crippen molar-refractivity contribution in [3.8, 4) is 11.4 Å². The number of imidazole rings is 1. The maximum absolute atomic E-state index is 13.1. The SMILES string of the molecule is C[C@H]1Cn2nc(CO)cc2-c2cnc([C@@](C)(O)C(F)(F)F)n21. The molecule has 120 valence electrons. The van der Waals surface area contributed by atoms with Crippen LogP contribution in [0.3, 0.4) is 0 Å². The number of nitrogens with zero attached hydrogens (tertiary/aromatic N) is 4. The Morgan fingerprint density at radius 2 is 2.05 bits per heavy atom. The molecule has 0 fully saturated rings. The molecule has 2 N–H and O–H groups in total. The lowest BCUT2D eigenvalue weighted by Crippen LogP contribution is -2.42. The van der Waals surface area contributed by atoms with Gasteiger partial charge in [0.15, 0.2) is 5.82 Å². The van der Waals surface area contributed by atoms with Gasteiger partial charge in [0, 0.05) is 0 Å². The van der Waals surface area contributed by atoms with Gasteiger partial charge < -0.3 is 14.8 Å². The Bertz CT molecular complexity index is 717. The van der Waals surface area contributed by atoms with Gasteiger partial charge in [-0.25, -0.2) is 4.98 Å². The van der Waals surface area contributed by atoms with E-state index >= 15 is 0 Å². The summed E-state index contributed by atoms with van der Waals surface area (Å²) in [5.41, 5.74) is -1.60. The Morgan fingerprint density at radius 3 is 2.64 bits per heavy atom. The summed E-state index contributed by atoms with van der Waals surface area (Å²) in [7, 11) is 0. The molecule has 0 bridgehead atoms. The summed E-state index contributed by atoms with van der Waals surface area (Å²) in [5.74, 6) is -0.444. The molecule has 2 aromatic heterocycles. The average Bonchev–Trinajstić information content (AvgIpc) is 3.00. The van der Waals surface area contributed by atoms with E-state index in [2.05, 4.69) is 10.1 Å². The van der Waals surface area contributed by atoms with Gasteiger partial charge in [0.1, 0.15) is 0 Å². The molecule has 0 radical (unpaired) electrons. The number of aliphatic hydroxyl groups excluding tert-OH is 1. The fraction of sp³-hybridized carbons (Fsp3) is 0.538. The molecule has 6 nitrogen and oxygen atoms in total. The molecule has 0 saturated carbocycles.